The fourth-order valence-corrected chi connectivity index (χ4v) is 5.38. The topological polar surface area (TPSA) is 165 Å². The quantitative estimate of drug-likeness (QED) is 0.148. The maximum atomic E-state index is 13.8. The highest BCUT2D eigenvalue weighted by Gasteiger charge is 2.22. The Hall–Kier alpha value is -4.63. The van der Waals surface area contributed by atoms with E-state index in [1.807, 2.05) is 13.0 Å². The van der Waals surface area contributed by atoms with Crippen molar-refractivity contribution in [2.24, 2.45) is 0 Å². The van der Waals surface area contributed by atoms with Crippen LogP contribution in [0.2, 0.25) is 0 Å². The molecule has 1 N–H and O–H groups in total. The minimum absolute atomic E-state index is 0.0583. The van der Waals surface area contributed by atoms with Crippen LogP contribution < -0.4 is 29.8 Å². The molecule has 44 heavy (non-hydrogen) atoms. The van der Waals surface area contributed by atoms with Gasteiger partial charge in [-0.1, -0.05) is 0 Å². The molecule has 0 spiro atoms. The van der Waals surface area contributed by atoms with E-state index in [2.05, 4.69) is 14.5 Å². The summed E-state index contributed by atoms with van der Waals surface area (Å²) in [5, 5.41) is 5.00. The van der Waals surface area contributed by atoms with Gasteiger partial charge in [0, 0.05) is 61.5 Å². The van der Waals surface area contributed by atoms with Crippen molar-refractivity contribution >= 4 is 54.7 Å². The third kappa shape index (κ3) is 6.33. The second-order valence-corrected chi connectivity index (χ2v) is 11.8. The number of likely N-dealkylation sites (N-methyl/N-ethyl adjacent to an activating group) is 1. The number of rotatable bonds is 11. The van der Waals surface area contributed by atoms with Gasteiger partial charge in [-0.2, -0.15) is 8.42 Å². The van der Waals surface area contributed by atoms with E-state index in [0.717, 1.165) is 11.6 Å². The minimum atomic E-state index is -3.56. The molecule has 0 saturated carbocycles. The molecule has 0 unspecified atom stereocenters. The first-order valence-corrected chi connectivity index (χ1v) is 15.6. The van der Waals surface area contributed by atoms with Crippen LogP contribution in [0.25, 0.3) is 32.6 Å². The zero-order valence-electron chi connectivity index (χ0n) is 24.7. The highest BCUT2D eigenvalue weighted by molar-refractivity contribution is 7.85. The lowest BCUT2D eigenvalue weighted by Gasteiger charge is -2.19. The van der Waals surface area contributed by atoms with Gasteiger partial charge < -0.3 is 33.7 Å². The van der Waals surface area contributed by atoms with Crippen LogP contribution in [-0.4, -0.2) is 81.8 Å². The average molecular weight is 629 g/mol. The standard InChI is InChI=1S/C29H32N4O10S/c1-5-33-27-19-13-23-24(41-16-40-23)14-21(19)31-15-20(27)17-11-22(39-3)25(12-18(17)28(33)35)43-29(36)32(2)9-8-30-26(34)7-6-10-42-44(4,37)38/h11-15H,5-10,16H2,1-4H3,(H,30,34). The van der Waals surface area contributed by atoms with Crippen LogP contribution in [0.5, 0.6) is 23.0 Å². The number of carbonyl (C=O) groups excluding carboxylic acids is 2. The maximum Gasteiger partial charge on any atom is 0.415 e. The van der Waals surface area contributed by atoms with E-state index in [1.165, 1.54) is 25.1 Å². The summed E-state index contributed by atoms with van der Waals surface area (Å²) >= 11 is 0. The summed E-state index contributed by atoms with van der Waals surface area (Å²) in [6, 6.07) is 6.74. The number of nitrogens with zero attached hydrogens (tertiary/aromatic N) is 3. The molecule has 0 bridgehead atoms. The molecule has 0 aliphatic carbocycles. The number of fused-ring (bicyclic) bond motifs is 6. The Balaban J connectivity index is 1.36. The van der Waals surface area contributed by atoms with Crippen LogP contribution in [0, 0.1) is 0 Å². The molecule has 5 rings (SSSR count). The molecule has 3 heterocycles. The van der Waals surface area contributed by atoms with Crippen molar-refractivity contribution in [1.29, 1.82) is 0 Å². The fraction of sp³-hybridized carbons (Fsp3) is 0.379. The summed E-state index contributed by atoms with van der Waals surface area (Å²) in [7, 11) is -0.622. The number of hydrogen-bond acceptors (Lipinski definition) is 11. The molecule has 4 aromatic rings. The molecule has 0 fully saturated rings. The molecule has 0 radical (unpaired) electrons. The van der Waals surface area contributed by atoms with Crippen LogP contribution in [0.4, 0.5) is 4.79 Å². The Kier molecular flexibility index (Phi) is 8.78. The van der Waals surface area contributed by atoms with Gasteiger partial charge in [0.2, 0.25) is 12.7 Å². The Morgan fingerprint density at radius 1 is 1.07 bits per heavy atom. The Labute approximate surface area is 252 Å². The maximum absolute atomic E-state index is 13.8. The number of aryl methyl sites for hydroxylation is 1. The molecule has 0 atom stereocenters. The molecule has 2 amide bonds. The number of ether oxygens (including phenoxy) is 4. The Bertz CT molecular complexity index is 1940. The lowest BCUT2D eigenvalue weighted by atomic mass is 10.0. The SMILES string of the molecule is CCn1c(=O)c2cc(OC(=O)N(C)CCNC(=O)CCCOS(C)(=O)=O)c(OC)cc2c2cnc3cc4c(cc3c21)OCO4. The summed E-state index contributed by atoms with van der Waals surface area (Å²) in [6.07, 6.45) is 2.20. The van der Waals surface area contributed by atoms with Crippen molar-refractivity contribution in [1.82, 2.24) is 19.8 Å². The van der Waals surface area contributed by atoms with Crippen molar-refractivity contribution in [3.8, 4) is 23.0 Å². The summed E-state index contributed by atoms with van der Waals surface area (Å²) in [5.74, 6) is 1.15. The van der Waals surface area contributed by atoms with Gasteiger partial charge in [-0.3, -0.25) is 18.8 Å². The van der Waals surface area contributed by atoms with E-state index in [1.54, 1.807) is 22.9 Å². The third-order valence-corrected chi connectivity index (χ3v) is 7.71. The number of amides is 2. The smallest absolute Gasteiger partial charge is 0.415 e. The first-order valence-electron chi connectivity index (χ1n) is 13.8. The largest absolute Gasteiger partial charge is 0.493 e. The molecule has 15 heteroatoms. The Morgan fingerprint density at radius 2 is 1.80 bits per heavy atom. The van der Waals surface area contributed by atoms with Gasteiger partial charge in [0.05, 0.1) is 36.4 Å². The highest BCUT2D eigenvalue weighted by atomic mass is 32.2. The minimum Gasteiger partial charge on any atom is -0.493 e. The summed E-state index contributed by atoms with van der Waals surface area (Å²) < 4.78 is 50.4. The zero-order chi connectivity index (χ0) is 31.6. The monoisotopic (exact) mass is 628 g/mol. The van der Waals surface area contributed by atoms with Crippen LogP contribution in [0.3, 0.4) is 0 Å². The number of pyridine rings is 2. The van der Waals surface area contributed by atoms with Crippen molar-refractivity contribution in [3.63, 3.8) is 0 Å². The third-order valence-electron chi connectivity index (χ3n) is 7.11. The molecule has 1 aliphatic heterocycles. The normalized spacial score (nSPS) is 12.5. The van der Waals surface area contributed by atoms with E-state index in [-0.39, 0.29) is 62.3 Å². The molecule has 14 nitrogen and oxygen atoms in total. The molecule has 2 aromatic heterocycles. The van der Waals surface area contributed by atoms with E-state index < -0.39 is 16.2 Å². The molecule has 1 aliphatic rings. The van der Waals surface area contributed by atoms with E-state index >= 15 is 0 Å². The van der Waals surface area contributed by atoms with Gasteiger partial charge in [-0.25, -0.2) is 4.79 Å². The average Bonchev–Trinajstić information content (AvgIpc) is 3.45. The second-order valence-electron chi connectivity index (χ2n) is 10.1. The molecule has 234 valence electrons. The van der Waals surface area contributed by atoms with E-state index in [9.17, 15) is 22.8 Å². The van der Waals surface area contributed by atoms with Crippen LogP contribution in [-0.2, 0) is 25.6 Å². The Morgan fingerprint density at radius 3 is 2.50 bits per heavy atom. The highest BCUT2D eigenvalue weighted by Crippen LogP contribution is 2.40. The summed E-state index contributed by atoms with van der Waals surface area (Å²) in [5.41, 5.74) is 1.06. The fourth-order valence-electron chi connectivity index (χ4n) is 4.96. The lowest BCUT2D eigenvalue weighted by molar-refractivity contribution is -0.121. The molecule has 2 aromatic carbocycles. The molecular weight excluding hydrogens is 596 g/mol. The van der Waals surface area contributed by atoms with E-state index in [4.69, 9.17) is 18.9 Å². The van der Waals surface area contributed by atoms with Crippen LogP contribution in [0.15, 0.2) is 35.3 Å². The number of nitrogens with one attached hydrogen (secondary N) is 1. The van der Waals surface area contributed by atoms with E-state index in [0.29, 0.717) is 45.2 Å². The number of methoxy groups -OCH3 is 1. The van der Waals surface area contributed by atoms with Crippen molar-refractivity contribution in [2.45, 2.75) is 26.3 Å². The first-order chi connectivity index (χ1) is 21.0. The number of aromatic nitrogens is 2. The first kappa shape index (κ1) is 30.8. The van der Waals surface area contributed by atoms with Crippen LogP contribution in [0.1, 0.15) is 19.8 Å². The molecule has 0 saturated heterocycles. The van der Waals surface area contributed by atoms with Crippen molar-refractivity contribution < 1.29 is 41.1 Å². The van der Waals surface area contributed by atoms with Crippen molar-refractivity contribution in [2.75, 3.05) is 46.9 Å². The number of benzene rings is 2. The van der Waals surface area contributed by atoms with Crippen LogP contribution >= 0.6 is 0 Å². The van der Waals surface area contributed by atoms with Gasteiger partial charge in [-0.15, -0.1) is 0 Å². The summed E-state index contributed by atoms with van der Waals surface area (Å²) in [6.45, 7) is 2.53. The van der Waals surface area contributed by atoms with Gasteiger partial charge in [0.15, 0.2) is 23.0 Å². The molecular formula is C29H32N4O10S. The number of carbonyl (C=O) groups is 2. The predicted molar refractivity (Wildman–Crippen MR) is 161 cm³/mol. The predicted octanol–water partition coefficient (Wildman–Crippen LogP) is 2.76. The summed E-state index contributed by atoms with van der Waals surface area (Å²) in [4.78, 5) is 44.6. The second kappa shape index (κ2) is 12.5. The van der Waals surface area contributed by atoms with Gasteiger partial charge in [0.1, 0.15) is 0 Å². The van der Waals surface area contributed by atoms with Gasteiger partial charge in [0.25, 0.3) is 15.7 Å². The van der Waals surface area contributed by atoms with Gasteiger partial charge in [-0.05, 0) is 31.5 Å². The lowest BCUT2D eigenvalue weighted by Crippen LogP contribution is -2.37. The van der Waals surface area contributed by atoms with Gasteiger partial charge >= 0.3 is 6.09 Å². The zero-order valence-corrected chi connectivity index (χ0v) is 25.5. The van der Waals surface area contributed by atoms with Crippen molar-refractivity contribution in [3.05, 3.63) is 40.8 Å². The number of hydrogen-bond donors (Lipinski definition) is 1.